The van der Waals surface area contributed by atoms with E-state index in [-0.39, 0.29) is 5.54 Å². The Balaban J connectivity index is 1.60. The van der Waals surface area contributed by atoms with Gasteiger partial charge in [-0.1, -0.05) is 6.42 Å². The molecule has 2 aliphatic carbocycles. The van der Waals surface area contributed by atoms with Crippen molar-refractivity contribution in [3.05, 3.63) is 0 Å². The Labute approximate surface area is 118 Å². The van der Waals surface area contributed by atoms with Gasteiger partial charge in [0.1, 0.15) is 0 Å². The van der Waals surface area contributed by atoms with Crippen LogP contribution >= 0.6 is 0 Å². The van der Waals surface area contributed by atoms with Crippen molar-refractivity contribution in [2.24, 2.45) is 23.5 Å². The van der Waals surface area contributed by atoms with Crippen LogP contribution in [0.5, 0.6) is 0 Å². The molecule has 3 atom stereocenters. The summed E-state index contributed by atoms with van der Waals surface area (Å²) in [6.07, 6.45) is 8.53. The van der Waals surface area contributed by atoms with Gasteiger partial charge < -0.3 is 10.6 Å². The molecule has 2 N–H and O–H groups in total. The molecule has 3 rings (SSSR count). The first kappa shape index (κ1) is 13.8. The van der Waals surface area contributed by atoms with E-state index in [2.05, 4.69) is 23.9 Å². The minimum absolute atomic E-state index is 0.286. The standard InChI is InChI=1S/C16H31N3/c1-18-7-5-16(12-17,6-8-18)19(2)11-15-10-13-3-4-14(15)9-13/h13-15H,3-12,17H2,1-2H3. The Hall–Kier alpha value is -0.120. The predicted molar refractivity (Wildman–Crippen MR) is 80.1 cm³/mol. The fraction of sp³-hybridized carbons (Fsp3) is 1.00. The van der Waals surface area contributed by atoms with Crippen LogP contribution in [0.15, 0.2) is 0 Å². The van der Waals surface area contributed by atoms with Crippen LogP contribution in [0.1, 0.15) is 38.5 Å². The summed E-state index contributed by atoms with van der Waals surface area (Å²) in [6.45, 7) is 4.54. The third kappa shape index (κ3) is 2.57. The quantitative estimate of drug-likeness (QED) is 0.841. The minimum atomic E-state index is 0.286. The summed E-state index contributed by atoms with van der Waals surface area (Å²) in [5, 5.41) is 0. The normalized spacial score (nSPS) is 38.2. The van der Waals surface area contributed by atoms with Gasteiger partial charge in [0.15, 0.2) is 0 Å². The van der Waals surface area contributed by atoms with Gasteiger partial charge in [-0.05, 0) is 77.0 Å². The SMILES string of the molecule is CN1CCC(CN)(N(C)CC2CC3CCC2C3)CC1. The number of likely N-dealkylation sites (N-methyl/N-ethyl adjacent to an activating group) is 1. The number of hydrogen-bond donors (Lipinski definition) is 1. The molecule has 1 saturated heterocycles. The van der Waals surface area contributed by atoms with Crippen LogP contribution in [-0.2, 0) is 0 Å². The Morgan fingerprint density at radius 3 is 2.47 bits per heavy atom. The molecule has 3 aliphatic rings. The van der Waals surface area contributed by atoms with E-state index >= 15 is 0 Å². The summed E-state index contributed by atoms with van der Waals surface area (Å²) < 4.78 is 0. The number of rotatable bonds is 4. The Morgan fingerprint density at radius 1 is 1.21 bits per heavy atom. The Bertz CT molecular complexity index is 309. The lowest BCUT2D eigenvalue weighted by Crippen LogP contribution is -2.58. The number of nitrogens with zero attached hydrogens (tertiary/aromatic N) is 2. The van der Waals surface area contributed by atoms with E-state index in [1.807, 2.05) is 0 Å². The van der Waals surface area contributed by atoms with Gasteiger partial charge in [-0.15, -0.1) is 0 Å². The number of likely N-dealkylation sites (tertiary alicyclic amines) is 1. The zero-order valence-electron chi connectivity index (χ0n) is 12.8. The molecule has 3 heteroatoms. The van der Waals surface area contributed by atoms with E-state index in [0.717, 1.165) is 24.3 Å². The lowest BCUT2D eigenvalue weighted by atomic mass is 9.83. The van der Waals surface area contributed by atoms with Crippen molar-refractivity contribution in [3.63, 3.8) is 0 Å². The average molecular weight is 265 g/mol. The molecule has 0 aromatic rings. The fourth-order valence-electron chi connectivity index (χ4n) is 4.92. The van der Waals surface area contributed by atoms with E-state index in [4.69, 9.17) is 5.73 Å². The van der Waals surface area contributed by atoms with E-state index in [9.17, 15) is 0 Å². The average Bonchev–Trinajstić information content (AvgIpc) is 3.02. The molecule has 0 aromatic carbocycles. The zero-order chi connectivity index (χ0) is 13.5. The lowest BCUT2D eigenvalue weighted by Gasteiger charge is -2.47. The number of hydrogen-bond acceptors (Lipinski definition) is 3. The molecule has 110 valence electrons. The highest BCUT2D eigenvalue weighted by molar-refractivity contribution is 4.98. The summed E-state index contributed by atoms with van der Waals surface area (Å²) in [5.41, 5.74) is 6.46. The van der Waals surface area contributed by atoms with E-state index in [1.165, 1.54) is 58.2 Å². The van der Waals surface area contributed by atoms with Crippen molar-refractivity contribution in [1.29, 1.82) is 0 Å². The summed E-state index contributed by atoms with van der Waals surface area (Å²) in [4.78, 5) is 5.09. The maximum atomic E-state index is 6.17. The fourth-order valence-corrected chi connectivity index (χ4v) is 4.92. The summed E-state index contributed by atoms with van der Waals surface area (Å²) in [7, 11) is 4.57. The first-order valence-electron chi connectivity index (χ1n) is 8.23. The van der Waals surface area contributed by atoms with Crippen molar-refractivity contribution in [3.8, 4) is 0 Å². The van der Waals surface area contributed by atoms with Gasteiger partial charge in [-0.25, -0.2) is 0 Å². The predicted octanol–water partition coefficient (Wildman–Crippen LogP) is 1.78. The van der Waals surface area contributed by atoms with Gasteiger partial charge in [0, 0.05) is 18.6 Å². The molecular weight excluding hydrogens is 234 g/mol. The molecule has 2 saturated carbocycles. The monoisotopic (exact) mass is 265 g/mol. The van der Waals surface area contributed by atoms with Crippen molar-refractivity contribution < 1.29 is 0 Å². The molecular formula is C16H31N3. The number of piperidine rings is 1. The first-order chi connectivity index (χ1) is 9.13. The third-order valence-electron chi connectivity index (χ3n) is 6.50. The van der Waals surface area contributed by atoms with Gasteiger partial charge in [-0.3, -0.25) is 4.90 Å². The lowest BCUT2D eigenvalue weighted by molar-refractivity contribution is 0.0358. The summed E-state index contributed by atoms with van der Waals surface area (Å²) in [6, 6.07) is 0. The van der Waals surface area contributed by atoms with Crippen LogP contribution in [-0.4, -0.2) is 55.6 Å². The zero-order valence-corrected chi connectivity index (χ0v) is 12.8. The van der Waals surface area contributed by atoms with Crippen LogP contribution in [0.2, 0.25) is 0 Å². The van der Waals surface area contributed by atoms with Crippen molar-refractivity contribution >= 4 is 0 Å². The Morgan fingerprint density at radius 2 is 1.95 bits per heavy atom. The molecule has 0 amide bonds. The molecule has 0 spiro atoms. The third-order valence-corrected chi connectivity index (χ3v) is 6.50. The summed E-state index contributed by atoms with van der Waals surface area (Å²) >= 11 is 0. The van der Waals surface area contributed by atoms with E-state index < -0.39 is 0 Å². The molecule has 1 heterocycles. The van der Waals surface area contributed by atoms with Crippen LogP contribution in [0, 0.1) is 17.8 Å². The van der Waals surface area contributed by atoms with Gasteiger partial charge in [0.05, 0.1) is 0 Å². The van der Waals surface area contributed by atoms with E-state index in [1.54, 1.807) is 0 Å². The highest BCUT2D eigenvalue weighted by Crippen LogP contribution is 2.48. The maximum absolute atomic E-state index is 6.17. The molecule has 1 aliphatic heterocycles. The van der Waals surface area contributed by atoms with Crippen LogP contribution in [0.4, 0.5) is 0 Å². The van der Waals surface area contributed by atoms with Gasteiger partial charge in [0.2, 0.25) is 0 Å². The second kappa shape index (κ2) is 5.34. The minimum Gasteiger partial charge on any atom is -0.329 e. The largest absolute Gasteiger partial charge is 0.329 e. The van der Waals surface area contributed by atoms with Crippen molar-refractivity contribution in [1.82, 2.24) is 9.80 Å². The smallest absolute Gasteiger partial charge is 0.0353 e. The summed E-state index contributed by atoms with van der Waals surface area (Å²) in [5.74, 6) is 3.06. The van der Waals surface area contributed by atoms with Gasteiger partial charge in [-0.2, -0.15) is 0 Å². The van der Waals surface area contributed by atoms with Crippen molar-refractivity contribution in [2.75, 3.05) is 40.3 Å². The molecule has 0 aromatic heterocycles. The van der Waals surface area contributed by atoms with Crippen LogP contribution < -0.4 is 5.73 Å². The molecule has 19 heavy (non-hydrogen) atoms. The van der Waals surface area contributed by atoms with Crippen molar-refractivity contribution in [2.45, 2.75) is 44.1 Å². The van der Waals surface area contributed by atoms with E-state index in [0.29, 0.717) is 0 Å². The second-order valence-corrected chi connectivity index (χ2v) is 7.55. The topological polar surface area (TPSA) is 32.5 Å². The second-order valence-electron chi connectivity index (χ2n) is 7.55. The Kier molecular flexibility index (Phi) is 3.89. The molecule has 3 fully saturated rings. The van der Waals surface area contributed by atoms with Gasteiger partial charge >= 0.3 is 0 Å². The first-order valence-corrected chi connectivity index (χ1v) is 8.23. The maximum Gasteiger partial charge on any atom is 0.0353 e. The molecule has 0 radical (unpaired) electrons. The van der Waals surface area contributed by atoms with Crippen LogP contribution in [0.25, 0.3) is 0 Å². The van der Waals surface area contributed by atoms with Crippen LogP contribution in [0.3, 0.4) is 0 Å². The molecule has 2 bridgehead atoms. The molecule has 3 unspecified atom stereocenters. The van der Waals surface area contributed by atoms with Gasteiger partial charge in [0.25, 0.3) is 0 Å². The highest BCUT2D eigenvalue weighted by Gasteiger charge is 2.43. The number of fused-ring (bicyclic) bond motifs is 2. The number of nitrogens with two attached hydrogens (primary N) is 1. The molecule has 3 nitrogen and oxygen atoms in total. The highest BCUT2D eigenvalue weighted by atomic mass is 15.2.